The number of rotatable bonds is 4. The summed E-state index contributed by atoms with van der Waals surface area (Å²) in [5, 5.41) is 19.0. The van der Waals surface area contributed by atoms with E-state index in [0.717, 1.165) is 29.3 Å². The molecule has 16 heavy (non-hydrogen) atoms. The van der Waals surface area contributed by atoms with Gasteiger partial charge in [-0.2, -0.15) is 0 Å². The van der Waals surface area contributed by atoms with Gasteiger partial charge in [0.05, 0.1) is 7.11 Å². The third-order valence-corrected chi connectivity index (χ3v) is 3.94. The second-order valence-electron chi connectivity index (χ2n) is 4.45. The smallest absolute Gasteiger partial charge is 0.161 e. The van der Waals surface area contributed by atoms with Gasteiger partial charge in [-0.15, -0.1) is 0 Å². The van der Waals surface area contributed by atoms with Crippen LogP contribution in [0.2, 0.25) is 0 Å². The normalized spacial score (nSPS) is 17.2. The summed E-state index contributed by atoms with van der Waals surface area (Å²) < 4.78 is 5.94. The Morgan fingerprint density at radius 2 is 2.12 bits per heavy atom. The number of hydrogen-bond acceptors (Lipinski definition) is 3. The summed E-state index contributed by atoms with van der Waals surface area (Å²) >= 11 is 3.46. The predicted molar refractivity (Wildman–Crippen MR) is 64.8 cm³/mol. The van der Waals surface area contributed by atoms with E-state index in [1.807, 2.05) is 0 Å². The van der Waals surface area contributed by atoms with E-state index < -0.39 is 0 Å². The molecule has 1 aliphatic rings. The first-order valence-electron chi connectivity index (χ1n) is 5.26. The molecule has 2 N–H and O–H groups in total. The minimum atomic E-state index is 0.0452. The molecule has 0 radical (unpaired) electrons. The maximum absolute atomic E-state index is 9.70. The van der Waals surface area contributed by atoms with Gasteiger partial charge >= 0.3 is 0 Å². The molecule has 3 nitrogen and oxygen atoms in total. The van der Waals surface area contributed by atoms with Crippen LogP contribution in [0.3, 0.4) is 0 Å². The van der Waals surface area contributed by atoms with Crippen LogP contribution >= 0.6 is 15.9 Å². The number of halogens is 1. The number of methoxy groups -OCH3 is 1. The van der Waals surface area contributed by atoms with Crippen LogP contribution in [0.15, 0.2) is 16.6 Å². The van der Waals surface area contributed by atoms with Gasteiger partial charge in [-0.25, -0.2) is 0 Å². The summed E-state index contributed by atoms with van der Waals surface area (Å²) in [6.45, 7) is 0.215. The Balaban J connectivity index is 2.25. The number of aliphatic hydroxyl groups excluding tert-OH is 1. The Labute approximate surface area is 103 Å². The number of aromatic hydroxyl groups is 1. The van der Waals surface area contributed by atoms with Crippen LogP contribution in [0.1, 0.15) is 18.4 Å². The lowest BCUT2D eigenvalue weighted by atomic mass is 9.97. The Hall–Kier alpha value is -0.740. The van der Waals surface area contributed by atoms with Gasteiger partial charge in [0.15, 0.2) is 11.5 Å². The molecule has 0 heterocycles. The van der Waals surface area contributed by atoms with Crippen LogP contribution in [0.4, 0.5) is 0 Å². The Kier molecular flexibility index (Phi) is 3.13. The van der Waals surface area contributed by atoms with Crippen molar-refractivity contribution in [3.05, 3.63) is 22.2 Å². The van der Waals surface area contributed by atoms with Crippen LogP contribution in [0, 0.1) is 5.41 Å². The summed E-state index contributed by atoms with van der Waals surface area (Å²) in [6, 6.07) is 3.47. The van der Waals surface area contributed by atoms with Gasteiger partial charge in [-0.1, -0.05) is 15.9 Å². The van der Waals surface area contributed by atoms with Crippen LogP contribution in [-0.4, -0.2) is 23.9 Å². The Morgan fingerprint density at radius 3 is 2.62 bits per heavy atom. The highest BCUT2D eigenvalue weighted by atomic mass is 79.9. The van der Waals surface area contributed by atoms with Crippen molar-refractivity contribution in [1.82, 2.24) is 0 Å². The topological polar surface area (TPSA) is 49.7 Å². The molecule has 0 amide bonds. The molecule has 0 aromatic heterocycles. The molecular formula is C12H15BrO3. The molecule has 1 aliphatic carbocycles. The summed E-state index contributed by atoms with van der Waals surface area (Å²) in [5.74, 6) is 0.610. The van der Waals surface area contributed by atoms with Gasteiger partial charge in [-0.05, 0) is 42.4 Å². The number of benzene rings is 1. The van der Waals surface area contributed by atoms with Gasteiger partial charge < -0.3 is 14.9 Å². The molecule has 2 rings (SSSR count). The average molecular weight is 287 g/mol. The molecule has 88 valence electrons. The van der Waals surface area contributed by atoms with Crippen molar-refractivity contribution in [1.29, 1.82) is 0 Å². The number of hydrogen-bond donors (Lipinski definition) is 2. The molecule has 0 spiro atoms. The van der Waals surface area contributed by atoms with Crippen molar-refractivity contribution in [2.24, 2.45) is 5.41 Å². The van der Waals surface area contributed by atoms with E-state index in [1.54, 1.807) is 12.1 Å². The molecule has 1 aromatic carbocycles. The van der Waals surface area contributed by atoms with E-state index in [9.17, 15) is 10.2 Å². The van der Waals surface area contributed by atoms with Crippen LogP contribution < -0.4 is 4.74 Å². The maximum Gasteiger partial charge on any atom is 0.161 e. The highest BCUT2D eigenvalue weighted by Gasteiger charge is 2.42. The highest BCUT2D eigenvalue weighted by Crippen LogP contribution is 2.49. The zero-order valence-corrected chi connectivity index (χ0v) is 10.7. The summed E-state index contributed by atoms with van der Waals surface area (Å²) in [4.78, 5) is 0. The van der Waals surface area contributed by atoms with Crippen LogP contribution in [-0.2, 0) is 6.42 Å². The van der Waals surface area contributed by atoms with Crippen molar-refractivity contribution in [3.8, 4) is 11.5 Å². The lowest BCUT2D eigenvalue weighted by molar-refractivity contribution is 0.211. The van der Waals surface area contributed by atoms with E-state index >= 15 is 0 Å². The molecule has 0 atom stereocenters. The zero-order chi connectivity index (χ0) is 11.8. The molecule has 1 aromatic rings. The molecular weight excluding hydrogens is 272 g/mol. The Bertz CT molecular complexity index is 399. The van der Waals surface area contributed by atoms with E-state index in [4.69, 9.17) is 4.74 Å². The highest BCUT2D eigenvalue weighted by molar-refractivity contribution is 9.10. The van der Waals surface area contributed by atoms with Gasteiger partial charge in [0.1, 0.15) is 0 Å². The lowest BCUT2D eigenvalue weighted by Crippen LogP contribution is -2.10. The van der Waals surface area contributed by atoms with Crippen LogP contribution in [0.5, 0.6) is 11.5 Å². The number of phenolic OH excluding ortho intramolecular Hbond substituents is 1. The second kappa shape index (κ2) is 4.26. The van der Waals surface area contributed by atoms with Gasteiger partial charge in [0.25, 0.3) is 0 Å². The fraction of sp³-hybridized carbons (Fsp3) is 0.500. The van der Waals surface area contributed by atoms with Crippen LogP contribution in [0.25, 0.3) is 0 Å². The van der Waals surface area contributed by atoms with Crippen molar-refractivity contribution >= 4 is 15.9 Å². The number of phenols is 1. The molecule has 0 unspecified atom stereocenters. The number of aliphatic hydroxyl groups is 1. The van der Waals surface area contributed by atoms with Gasteiger partial charge in [0, 0.05) is 11.1 Å². The van der Waals surface area contributed by atoms with Crippen molar-refractivity contribution in [2.45, 2.75) is 19.3 Å². The third kappa shape index (κ3) is 2.18. The quantitative estimate of drug-likeness (QED) is 0.894. The second-order valence-corrected chi connectivity index (χ2v) is 5.30. The number of ether oxygens (including phenoxy) is 1. The maximum atomic E-state index is 9.70. The molecule has 4 heteroatoms. The largest absolute Gasteiger partial charge is 0.504 e. The van der Waals surface area contributed by atoms with Crippen molar-refractivity contribution < 1.29 is 14.9 Å². The first kappa shape index (κ1) is 11.7. The van der Waals surface area contributed by atoms with Gasteiger partial charge in [0.2, 0.25) is 0 Å². The van der Waals surface area contributed by atoms with E-state index in [0.29, 0.717) is 5.75 Å². The van der Waals surface area contributed by atoms with E-state index in [2.05, 4.69) is 15.9 Å². The average Bonchev–Trinajstić information content (AvgIpc) is 3.03. The summed E-state index contributed by atoms with van der Waals surface area (Å²) in [7, 11) is 1.53. The summed E-state index contributed by atoms with van der Waals surface area (Å²) in [5.41, 5.74) is 1.06. The first-order chi connectivity index (χ1) is 7.60. The standard InChI is InChI=1S/C12H15BrO3/c1-16-11-5-9(13)8(4-10(11)15)6-12(7-14)2-3-12/h4-5,14-15H,2-3,6-7H2,1H3. The molecule has 0 saturated heterocycles. The molecule has 1 saturated carbocycles. The van der Waals surface area contributed by atoms with Crippen molar-refractivity contribution in [2.75, 3.05) is 13.7 Å². The minimum absolute atomic E-state index is 0.0452. The molecule has 1 fully saturated rings. The monoisotopic (exact) mass is 286 g/mol. The first-order valence-corrected chi connectivity index (χ1v) is 6.06. The minimum Gasteiger partial charge on any atom is -0.504 e. The van der Waals surface area contributed by atoms with Crippen molar-refractivity contribution in [3.63, 3.8) is 0 Å². The Morgan fingerprint density at radius 1 is 1.44 bits per heavy atom. The fourth-order valence-electron chi connectivity index (χ4n) is 1.86. The SMILES string of the molecule is COc1cc(Br)c(CC2(CO)CC2)cc1O. The van der Waals surface area contributed by atoms with E-state index in [-0.39, 0.29) is 17.8 Å². The fourth-order valence-corrected chi connectivity index (χ4v) is 2.32. The summed E-state index contributed by atoms with van der Waals surface area (Å²) in [6.07, 6.45) is 2.91. The van der Waals surface area contributed by atoms with Gasteiger partial charge in [-0.3, -0.25) is 0 Å². The zero-order valence-electron chi connectivity index (χ0n) is 9.16. The molecule has 0 bridgehead atoms. The lowest BCUT2D eigenvalue weighted by Gasteiger charge is -2.14. The predicted octanol–water partition coefficient (Wildman–Crippen LogP) is 2.48. The third-order valence-electron chi connectivity index (χ3n) is 3.21. The molecule has 0 aliphatic heterocycles. The van der Waals surface area contributed by atoms with E-state index in [1.165, 1.54) is 7.11 Å².